The van der Waals surface area contributed by atoms with Gasteiger partial charge in [0.05, 0.1) is 11.5 Å². The summed E-state index contributed by atoms with van der Waals surface area (Å²) in [4.78, 5) is 10.8. The molecule has 1 rings (SSSR count). The van der Waals surface area contributed by atoms with Gasteiger partial charge in [-0.3, -0.25) is 10.1 Å². The van der Waals surface area contributed by atoms with Crippen LogP contribution in [0.1, 0.15) is 26.7 Å². The summed E-state index contributed by atoms with van der Waals surface area (Å²) in [6, 6.07) is 5.22. The summed E-state index contributed by atoms with van der Waals surface area (Å²) in [7, 11) is 0. The van der Waals surface area contributed by atoms with Crippen molar-refractivity contribution in [3.8, 4) is 0 Å². The molecule has 0 fully saturated rings. The van der Waals surface area contributed by atoms with Gasteiger partial charge in [-0.1, -0.05) is 19.4 Å². The van der Waals surface area contributed by atoms with Crippen LogP contribution in [0.25, 0.3) is 0 Å². The van der Waals surface area contributed by atoms with Crippen molar-refractivity contribution in [1.82, 2.24) is 0 Å². The van der Waals surface area contributed by atoms with Crippen LogP contribution in [0.5, 0.6) is 0 Å². The van der Waals surface area contributed by atoms with E-state index in [4.69, 9.17) is 4.74 Å². The maximum Gasteiger partial charge on any atom is 0.315 e. The minimum atomic E-state index is -0.363. The Morgan fingerprint density at radius 2 is 1.90 bits per heavy atom. The molecule has 0 aliphatic rings. The van der Waals surface area contributed by atoms with E-state index in [1.54, 1.807) is 18.2 Å². The zero-order valence-electron chi connectivity index (χ0n) is 12.1. The average Bonchev–Trinajstić information content (AvgIpc) is 2.43. The first-order chi connectivity index (χ1) is 9.70. The van der Waals surface area contributed by atoms with Crippen molar-refractivity contribution in [1.29, 1.82) is 0 Å². The summed E-state index contributed by atoms with van der Waals surface area (Å²) in [6.07, 6.45) is 2.14. The number of nitrogens with one attached hydrogen (secondary N) is 2. The molecule has 0 spiro atoms. The summed E-state index contributed by atoms with van der Waals surface area (Å²) in [5.74, 6) is 0. The van der Waals surface area contributed by atoms with Crippen LogP contribution in [0, 0.1) is 10.1 Å². The molecule has 2 N–H and O–H groups in total. The highest BCUT2D eigenvalue weighted by atomic mass is 16.6. The van der Waals surface area contributed by atoms with Gasteiger partial charge in [0.25, 0.3) is 0 Å². The molecule has 0 saturated carbocycles. The van der Waals surface area contributed by atoms with E-state index < -0.39 is 0 Å². The summed E-state index contributed by atoms with van der Waals surface area (Å²) in [5, 5.41) is 17.3. The van der Waals surface area contributed by atoms with Crippen LogP contribution in [-0.4, -0.2) is 31.2 Å². The normalized spacial score (nSPS) is 10.3. The lowest BCUT2D eigenvalue weighted by Gasteiger charge is -2.11. The van der Waals surface area contributed by atoms with E-state index in [2.05, 4.69) is 17.6 Å². The van der Waals surface area contributed by atoms with Gasteiger partial charge in [0.15, 0.2) is 0 Å². The largest absolute Gasteiger partial charge is 0.380 e. The molecule has 0 radical (unpaired) electrons. The zero-order valence-corrected chi connectivity index (χ0v) is 12.1. The third kappa shape index (κ3) is 5.05. The Morgan fingerprint density at radius 1 is 1.20 bits per heavy atom. The molecule has 0 saturated heterocycles. The molecule has 6 nitrogen and oxygen atoms in total. The summed E-state index contributed by atoms with van der Waals surface area (Å²) in [5.41, 5.74) is 1.14. The fourth-order valence-electron chi connectivity index (χ4n) is 1.82. The molecule has 1 aromatic rings. The van der Waals surface area contributed by atoms with Crippen LogP contribution in [0.2, 0.25) is 0 Å². The Bertz CT molecular complexity index is 424. The topological polar surface area (TPSA) is 76.4 Å². The molecule has 0 aliphatic carbocycles. The van der Waals surface area contributed by atoms with E-state index in [0.717, 1.165) is 19.4 Å². The van der Waals surface area contributed by atoms with Gasteiger partial charge in [-0.2, -0.15) is 0 Å². The maximum atomic E-state index is 11.2. The Hall–Kier alpha value is -1.82. The molecule has 1 aromatic carbocycles. The molecule has 112 valence electrons. The number of hydrogen-bond acceptors (Lipinski definition) is 5. The number of para-hydroxylation sites is 1. The van der Waals surface area contributed by atoms with Gasteiger partial charge in [-0.15, -0.1) is 0 Å². The molecule has 0 amide bonds. The van der Waals surface area contributed by atoms with E-state index in [9.17, 15) is 10.1 Å². The average molecular weight is 281 g/mol. The van der Waals surface area contributed by atoms with Gasteiger partial charge in [-0.25, -0.2) is 0 Å². The summed E-state index contributed by atoms with van der Waals surface area (Å²) in [6.45, 7) is 6.49. The minimum Gasteiger partial charge on any atom is -0.380 e. The summed E-state index contributed by atoms with van der Waals surface area (Å²) < 4.78 is 5.43. The van der Waals surface area contributed by atoms with E-state index in [-0.39, 0.29) is 10.6 Å². The standard InChI is InChI=1S/C14H23N3O3/c1-3-5-10-20-11-9-16-13-8-6-7-12(15-4-2)14(13)17(18)19/h6-8,15-16H,3-5,9-11H2,1-2H3. The molecule has 0 unspecified atom stereocenters. The van der Waals surface area contributed by atoms with E-state index in [1.807, 2.05) is 6.92 Å². The number of nitrogens with zero attached hydrogens (tertiary/aromatic N) is 1. The smallest absolute Gasteiger partial charge is 0.315 e. The zero-order chi connectivity index (χ0) is 14.8. The highest BCUT2D eigenvalue weighted by Gasteiger charge is 2.18. The van der Waals surface area contributed by atoms with Crippen LogP contribution >= 0.6 is 0 Å². The molecule has 0 heterocycles. The van der Waals surface area contributed by atoms with Crippen molar-refractivity contribution in [2.75, 3.05) is 36.9 Å². The third-order valence-electron chi connectivity index (χ3n) is 2.79. The number of benzene rings is 1. The molecular formula is C14H23N3O3. The SMILES string of the molecule is CCCCOCCNc1cccc(NCC)c1[N+](=O)[O-]. The number of ether oxygens (including phenoxy) is 1. The summed E-state index contributed by atoms with van der Waals surface area (Å²) >= 11 is 0. The van der Waals surface area contributed by atoms with Crippen LogP contribution in [-0.2, 0) is 4.74 Å². The lowest BCUT2D eigenvalue weighted by Crippen LogP contribution is -2.12. The monoisotopic (exact) mass is 281 g/mol. The Labute approximate surface area is 119 Å². The van der Waals surface area contributed by atoms with Crippen molar-refractivity contribution in [2.45, 2.75) is 26.7 Å². The van der Waals surface area contributed by atoms with Crippen LogP contribution < -0.4 is 10.6 Å². The van der Waals surface area contributed by atoms with Gasteiger partial charge in [0.1, 0.15) is 11.4 Å². The highest BCUT2D eigenvalue weighted by Crippen LogP contribution is 2.32. The van der Waals surface area contributed by atoms with Crippen molar-refractivity contribution in [3.63, 3.8) is 0 Å². The predicted octanol–water partition coefficient (Wildman–Crippen LogP) is 3.26. The fourth-order valence-corrected chi connectivity index (χ4v) is 1.82. The molecule has 0 aliphatic heterocycles. The lowest BCUT2D eigenvalue weighted by molar-refractivity contribution is -0.383. The van der Waals surface area contributed by atoms with Gasteiger partial charge < -0.3 is 15.4 Å². The van der Waals surface area contributed by atoms with Crippen LogP contribution in [0.4, 0.5) is 17.1 Å². The van der Waals surface area contributed by atoms with Gasteiger partial charge in [-0.05, 0) is 25.5 Å². The second-order valence-electron chi connectivity index (χ2n) is 4.38. The van der Waals surface area contributed by atoms with Crippen molar-refractivity contribution in [2.24, 2.45) is 0 Å². The predicted molar refractivity (Wildman–Crippen MR) is 81.5 cm³/mol. The molecule has 0 bridgehead atoms. The minimum absolute atomic E-state index is 0.0860. The fraction of sp³-hybridized carbons (Fsp3) is 0.571. The van der Waals surface area contributed by atoms with Crippen LogP contribution in [0.3, 0.4) is 0 Å². The number of nitro benzene ring substituents is 1. The molecular weight excluding hydrogens is 258 g/mol. The first-order valence-electron chi connectivity index (χ1n) is 7.03. The van der Waals surface area contributed by atoms with E-state index in [0.29, 0.717) is 31.1 Å². The van der Waals surface area contributed by atoms with E-state index in [1.165, 1.54) is 0 Å². The molecule has 0 aromatic heterocycles. The second kappa shape index (κ2) is 9.14. The van der Waals surface area contributed by atoms with Gasteiger partial charge >= 0.3 is 5.69 Å². The number of nitro groups is 1. The van der Waals surface area contributed by atoms with Crippen molar-refractivity contribution < 1.29 is 9.66 Å². The highest BCUT2D eigenvalue weighted by molar-refractivity contribution is 5.76. The maximum absolute atomic E-state index is 11.2. The molecule has 0 atom stereocenters. The number of hydrogen-bond donors (Lipinski definition) is 2. The number of rotatable bonds is 10. The first-order valence-corrected chi connectivity index (χ1v) is 7.03. The first kappa shape index (κ1) is 16.2. The second-order valence-corrected chi connectivity index (χ2v) is 4.38. The Balaban J connectivity index is 2.60. The quantitative estimate of drug-likeness (QED) is 0.391. The lowest BCUT2D eigenvalue weighted by atomic mass is 10.2. The van der Waals surface area contributed by atoms with Crippen molar-refractivity contribution in [3.05, 3.63) is 28.3 Å². The van der Waals surface area contributed by atoms with Crippen molar-refractivity contribution >= 4 is 17.1 Å². The van der Waals surface area contributed by atoms with Crippen LogP contribution in [0.15, 0.2) is 18.2 Å². The van der Waals surface area contributed by atoms with Gasteiger partial charge in [0.2, 0.25) is 0 Å². The Kier molecular flexibility index (Phi) is 7.42. The molecule has 6 heteroatoms. The third-order valence-corrected chi connectivity index (χ3v) is 2.79. The Morgan fingerprint density at radius 3 is 2.50 bits per heavy atom. The van der Waals surface area contributed by atoms with E-state index >= 15 is 0 Å². The van der Waals surface area contributed by atoms with Gasteiger partial charge in [0, 0.05) is 19.7 Å². The molecule has 20 heavy (non-hydrogen) atoms. The number of unbranched alkanes of at least 4 members (excludes halogenated alkanes) is 1. The number of anilines is 2.